The highest BCUT2D eigenvalue weighted by molar-refractivity contribution is 5.87. The maximum atomic E-state index is 12.8. The third-order valence-corrected chi connectivity index (χ3v) is 7.21. The molecule has 2 amide bonds. The summed E-state index contributed by atoms with van der Waals surface area (Å²) in [5.74, 6) is 0.0404. The number of carbonyl (C=O) groups excluding carboxylic acids is 2. The lowest BCUT2D eigenvalue weighted by Crippen LogP contribution is -2.48. The van der Waals surface area contributed by atoms with Crippen LogP contribution in [0.15, 0.2) is 54.6 Å². The summed E-state index contributed by atoms with van der Waals surface area (Å²) in [4.78, 5) is 32.7. The van der Waals surface area contributed by atoms with Crippen LogP contribution in [0.4, 0.5) is 0 Å². The van der Waals surface area contributed by atoms with Gasteiger partial charge in [0.25, 0.3) is 0 Å². The van der Waals surface area contributed by atoms with Crippen LogP contribution in [0.3, 0.4) is 0 Å². The number of hydrogen-bond donors (Lipinski definition) is 2. The number of aromatic nitrogens is 1. The van der Waals surface area contributed by atoms with Gasteiger partial charge in [-0.15, -0.1) is 0 Å². The molecule has 6 heteroatoms. The molecule has 33 heavy (non-hydrogen) atoms. The lowest BCUT2D eigenvalue weighted by molar-refractivity contribution is -0.140. The Bertz CT molecular complexity index is 1150. The summed E-state index contributed by atoms with van der Waals surface area (Å²) in [7, 11) is 0. The number of nitrogens with one attached hydrogen (secondary N) is 1. The molecule has 0 radical (unpaired) electrons. The van der Waals surface area contributed by atoms with Gasteiger partial charge in [0.1, 0.15) is 0 Å². The number of likely N-dealkylation sites (tertiary alicyclic amines) is 1. The SMILES string of the molecule is O=C(CCC(=O)N1CCc2c([nH]c3ccccc23)C1)N1CCC(O)(Cc2ccccc2)CC1. The van der Waals surface area contributed by atoms with E-state index in [1.807, 2.05) is 47.4 Å². The van der Waals surface area contributed by atoms with Gasteiger partial charge in [-0.1, -0.05) is 48.5 Å². The summed E-state index contributed by atoms with van der Waals surface area (Å²) in [5.41, 5.74) is 3.88. The standard InChI is InChI=1S/C27H31N3O3/c31-25(29-16-13-27(33,14-17-29)18-20-6-2-1-3-7-20)10-11-26(32)30-15-12-22-21-8-4-5-9-23(21)28-24(22)19-30/h1-9,28,33H,10-19H2. The fourth-order valence-corrected chi connectivity index (χ4v) is 5.26. The first-order valence-corrected chi connectivity index (χ1v) is 11.9. The number of fused-ring (bicyclic) bond motifs is 3. The summed E-state index contributed by atoms with van der Waals surface area (Å²) < 4.78 is 0. The molecule has 0 aliphatic carbocycles. The summed E-state index contributed by atoms with van der Waals surface area (Å²) >= 11 is 0. The molecule has 0 bridgehead atoms. The highest BCUT2D eigenvalue weighted by Gasteiger charge is 2.34. The smallest absolute Gasteiger partial charge is 0.223 e. The van der Waals surface area contributed by atoms with Crippen LogP contribution in [0.5, 0.6) is 0 Å². The Morgan fingerprint density at radius 2 is 1.55 bits per heavy atom. The molecule has 5 rings (SSSR count). The monoisotopic (exact) mass is 445 g/mol. The average molecular weight is 446 g/mol. The van der Waals surface area contributed by atoms with Crippen LogP contribution in [0, 0.1) is 0 Å². The first-order valence-electron chi connectivity index (χ1n) is 11.9. The number of aliphatic hydroxyl groups is 1. The van der Waals surface area contributed by atoms with Crippen molar-refractivity contribution >= 4 is 22.7 Å². The number of benzene rings is 2. The van der Waals surface area contributed by atoms with E-state index in [1.165, 1.54) is 10.9 Å². The lowest BCUT2D eigenvalue weighted by Gasteiger charge is -2.38. The fourth-order valence-electron chi connectivity index (χ4n) is 5.26. The Hall–Kier alpha value is -3.12. The van der Waals surface area contributed by atoms with E-state index in [9.17, 15) is 14.7 Å². The average Bonchev–Trinajstić information content (AvgIpc) is 3.21. The first kappa shape index (κ1) is 21.7. The predicted molar refractivity (Wildman–Crippen MR) is 128 cm³/mol. The second kappa shape index (κ2) is 9.02. The van der Waals surface area contributed by atoms with E-state index in [0.717, 1.165) is 23.2 Å². The number of nitrogens with zero attached hydrogens (tertiary/aromatic N) is 2. The van der Waals surface area contributed by atoms with Crippen LogP contribution in [-0.2, 0) is 29.0 Å². The Kier molecular flexibility index (Phi) is 5.94. The zero-order chi connectivity index (χ0) is 22.8. The van der Waals surface area contributed by atoms with Crippen molar-refractivity contribution in [1.29, 1.82) is 0 Å². The third-order valence-electron chi connectivity index (χ3n) is 7.21. The van der Waals surface area contributed by atoms with E-state index in [4.69, 9.17) is 0 Å². The molecule has 2 aliphatic rings. The lowest BCUT2D eigenvalue weighted by atomic mass is 9.85. The van der Waals surface area contributed by atoms with Crippen LogP contribution in [0.2, 0.25) is 0 Å². The van der Waals surface area contributed by atoms with Crippen molar-refractivity contribution in [3.8, 4) is 0 Å². The molecule has 1 saturated heterocycles. The van der Waals surface area contributed by atoms with E-state index in [-0.39, 0.29) is 24.7 Å². The van der Waals surface area contributed by atoms with Crippen LogP contribution in [0.25, 0.3) is 10.9 Å². The van der Waals surface area contributed by atoms with Crippen LogP contribution < -0.4 is 0 Å². The van der Waals surface area contributed by atoms with Crippen LogP contribution >= 0.6 is 0 Å². The molecule has 1 fully saturated rings. The summed E-state index contributed by atoms with van der Waals surface area (Å²) in [5, 5.41) is 12.2. The molecule has 0 spiro atoms. The Balaban J connectivity index is 1.11. The number of amides is 2. The van der Waals surface area contributed by atoms with Crippen molar-refractivity contribution in [2.75, 3.05) is 19.6 Å². The highest BCUT2D eigenvalue weighted by Crippen LogP contribution is 2.29. The zero-order valence-corrected chi connectivity index (χ0v) is 18.9. The van der Waals surface area contributed by atoms with Gasteiger partial charge in [-0.2, -0.15) is 0 Å². The van der Waals surface area contributed by atoms with Gasteiger partial charge in [-0.3, -0.25) is 9.59 Å². The van der Waals surface area contributed by atoms with Gasteiger partial charge >= 0.3 is 0 Å². The normalized spacial score (nSPS) is 17.7. The first-order chi connectivity index (χ1) is 16.0. The van der Waals surface area contributed by atoms with E-state index in [0.29, 0.717) is 45.4 Å². The molecule has 6 nitrogen and oxygen atoms in total. The zero-order valence-electron chi connectivity index (χ0n) is 18.9. The quantitative estimate of drug-likeness (QED) is 0.632. The third kappa shape index (κ3) is 4.67. The molecule has 172 valence electrons. The molecule has 3 aromatic rings. The van der Waals surface area contributed by atoms with E-state index in [1.54, 1.807) is 4.90 Å². The van der Waals surface area contributed by atoms with Crippen molar-refractivity contribution in [3.63, 3.8) is 0 Å². The summed E-state index contributed by atoms with van der Waals surface area (Å²) in [6.45, 7) is 2.35. The van der Waals surface area contributed by atoms with Crippen molar-refractivity contribution in [3.05, 3.63) is 71.4 Å². The van der Waals surface area contributed by atoms with E-state index in [2.05, 4.69) is 17.1 Å². The molecular weight excluding hydrogens is 414 g/mol. The minimum atomic E-state index is -0.765. The largest absolute Gasteiger partial charge is 0.389 e. The maximum Gasteiger partial charge on any atom is 0.223 e. The number of rotatable bonds is 5. The molecule has 2 aromatic carbocycles. The Morgan fingerprint density at radius 1 is 0.879 bits per heavy atom. The molecule has 0 saturated carbocycles. The molecule has 0 atom stereocenters. The molecule has 2 N–H and O–H groups in total. The number of hydrogen-bond acceptors (Lipinski definition) is 3. The number of aromatic amines is 1. The molecule has 3 heterocycles. The van der Waals surface area contributed by atoms with Crippen molar-refractivity contribution < 1.29 is 14.7 Å². The number of carbonyl (C=O) groups is 2. The minimum absolute atomic E-state index is 0.00780. The number of piperidine rings is 1. The van der Waals surface area contributed by atoms with Crippen molar-refractivity contribution in [1.82, 2.24) is 14.8 Å². The number of para-hydroxylation sites is 1. The van der Waals surface area contributed by atoms with Crippen LogP contribution in [-0.4, -0.2) is 56.9 Å². The van der Waals surface area contributed by atoms with E-state index < -0.39 is 5.60 Å². The number of H-pyrrole nitrogens is 1. The highest BCUT2D eigenvalue weighted by atomic mass is 16.3. The van der Waals surface area contributed by atoms with Gasteiger partial charge in [0, 0.05) is 55.5 Å². The van der Waals surface area contributed by atoms with Gasteiger partial charge in [0.05, 0.1) is 12.1 Å². The molecular formula is C27H31N3O3. The molecule has 0 unspecified atom stereocenters. The summed E-state index contributed by atoms with van der Waals surface area (Å²) in [6, 6.07) is 18.2. The molecule has 2 aliphatic heterocycles. The van der Waals surface area contributed by atoms with Crippen molar-refractivity contribution in [2.45, 2.75) is 50.7 Å². The van der Waals surface area contributed by atoms with Gasteiger partial charge in [-0.05, 0) is 36.5 Å². The van der Waals surface area contributed by atoms with Gasteiger partial charge in [0.15, 0.2) is 0 Å². The van der Waals surface area contributed by atoms with Gasteiger partial charge < -0.3 is 19.9 Å². The predicted octanol–water partition coefficient (Wildman–Crippen LogP) is 3.43. The van der Waals surface area contributed by atoms with Gasteiger partial charge in [-0.25, -0.2) is 0 Å². The van der Waals surface area contributed by atoms with Crippen LogP contribution in [0.1, 0.15) is 42.5 Å². The van der Waals surface area contributed by atoms with Gasteiger partial charge in [0.2, 0.25) is 11.8 Å². The Morgan fingerprint density at radius 3 is 2.30 bits per heavy atom. The fraction of sp³-hybridized carbons (Fsp3) is 0.407. The van der Waals surface area contributed by atoms with E-state index >= 15 is 0 Å². The summed E-state index contributed by atoms with van der Waals surface area (Å²) in [6.07, 6.45) is 3.04. The van der Waals surface area contributed by atoms with Crippen molar-refractivity contribution in [2.24, 2.45) is 0 Å². The minimum Gasteiger partial charge on any atom is -0.389 e. The second-order valence-corrected chi connectivity index (χ2v) is 9.46. The topological polar surface area (TPSA) is 76.6 Å². The molecule has 1 aromatic heterocycles. The Labute approximate surface area is 194 Å². The maximum absolute atomic E-state index is 12.8. The second-order valence-electron chi connectivity index (χ2n) is 9.46.